The molecule has 1 aromatic carbocycles. The summed E-state index contributed by atoms with van der Waals surface area (Å²) in [7, 11) is 3.70. The van der Waals surface area contributed by atoms with E-state index in [2.05, 4.69) is 4.98 Å². The Bertz CT molecular complexity index is 1080. The zero-order chi connectivity index (χ0) is 16.0. The number of nitrogens with zero attached hydrogens (tertiary/aromatic N) is 1. The van der Waals surface area contributed by atoms with Crippen molar-refractivity contribution in [3.63, 3.8) is 0 Å². The number of fused-ring (bicyclic) bond motifs is 1. The molecular formula is C15H13ClN2O5. The molecule has 2 N–H and O–H groups in total. The lowest BCUT2D eigenvalue weighted by molar-refractivity contribution is 0.0695. The van der Waals surface area contributed by atoms with Crippen molar-refractivity contribution in [3.8, 4) is 0 Å². The fraction of sp³-hybridized carbons (Fsp3) is 0.133. The average Bonchev–Trinajstić information content (AvgIpc) is 2.48. The van der Waals surface area contributed by atoms with Gasteiger partial charge >= 0.3 is 5.97 Å². The number of benzene rings is 1. The van der Waals surface area contributed by atoms with Crippen LogP contribution < -0.4 is 15.8 Å². The molecule has 0 atom stereocenters. The molecule has 120 valence electrons. The first-order valence-corrected chi connectivity index (χ1v) is 6.43. The molecule has 0 fully saturated rings. The van der Waals surface area contributed by atoms with Crippen molar-refractivity contribution in [2.24, 2.45) is 0 Å². The number of aromatic carboxylic acids is 1. The van der Waals surface area contributed by atoms with Crippen LogP contribution in [0.15, 0.2) is 38.3 Å². The van der Waals surface area contributed by atoms with Gasteiger partial charge in [0, 0.05) is 31.9 Å². The van der Waals surface area contributed by atoms with Crippen LogP contribution in [-0.2, 0) is 0 Å². The molecule has 0 bridgehead atoms. The minimum atomic E-state index is -1.31. The van der Waals surface area contributed by atoms with Crippen LogP contribution in [0.25, 0.3) is 11.1 Å². The molecule has 0 saturated carbocycles. The van der Waals surface area contributed by atoms with E-state index in [1.165, 1.54) is 0 Å². The van der Waals surface area contributed by atoms with Gasteiger partial charge in [-0.2, -0.15) is 0 Å². The molecule has 3 rings (SSSR count). The number of aromatic amines is 1. The molecule has 1 aliphatic carbocycles. The minimum Gasteiger partial charge on any atom is -0.478 e. The van der Waals surface area contributed by atoms with Gasteiger partial charge in [0.05, 0.1) is 11.1 Å². The van der Waals surface area contributed by atoms with Gasteiger partial charge in [-0.15, -0.1) is 12.4 Å². The van der Waals surface area contributed by atoms with Crippen molar-refractivity contribution < 1.29 is 14.3 Å². The summed E-state index contributed by atoms with van der Waals surface area (Å²) < 4.78 is 5.51. The Labute approximate surface area is 135 Å². The Hall–Kier alpha value is -2.80. The second kappa shape index (κ2) is 5.77. The number of carboxylic acid groups (broad SMARTS) is 1. The predicted octanol–water partition coefficient (Wildman–Crippen LogP) is 1.39. The molecule has 0 unspecified atom stereocenters. The molecule has 0 aromatic heterocycles. The summed E-state index contributed by atoms with van der Waals surface area (Å²) in [6.07, 6.45) is 0. The maximum atomic E-state index is 11.9. The zero-order valence-corrected chi connectivity index (χ0v) is 13.1. The van der Waals surface area contributed by atoms with Crippen LogP contribution in [-0.4, -0.2) is 30.2 Å². The maximum Gasteiger partial charge on any atom is 0.338 e. The lowest BCUT2D eigenvalue weighted by atomic mass is 10.2. The number of hydrogen-bond acceptors (Lipinski definition) is 5. The number of aromatic nitrogens is 1. The fourth-order valence-electron chi connectivity index (χ4n) is 2.23. The normalized spacial score (nSPS) is 10.5. The van der Waals surface area contributed by atoms with Gasteiger partial charge < -0.3 is 19.4 Å². The Kier molecular flexibility index (Phi) is 4.16. The topological polar surface area (TPSA) is 104 Å². The van der Waals surface area contributed by atoms with Crippen molar-refractivity contribution in [3.05, 3.63) is 61.0 Å². The van der Waals surface area contributed by atoms with Crippen molar-refractivity contribution in [1.82, 2.24) is 4.98 Å². The van der Waals surface area contributed by atoms with E-state index in [1.807, 2.05) is 25.1 Å². The largest absolute Gasteiger partial charge is 0.478 e. The number of anilines is 1. The lowest BCUT2D eigenvalue weighted by Gasteiger charge is -2.12. The first-order chi connectivity index (χ1) is 10.4. The number of carbonyl (C=O) groups is 1. The molecule has 0 spiro atoms. The summed E-state index contributed by atoms with van der Waals surface area (Å²) in [5.74, 6) is -1.31. The Balaban J connectivity index is 0.00000192. The summed E-state index contributed by atoms with van der Waals surface area (Å²) in [5.41, 5.74) is -0.626. The smallest absolute Gasteiger partial charge is 0.338 e. The van der Waals surface area contributed by atoms with E-state index in [1.54, 1.807) is 12.1 Å². The Morgan fingerprint density at radius 3 is 2.52 bits per heavy atom. The van der Waals surface area contributed by atoms with Gasteiger partial charge in [0.2, 0.25) is 10.8 Å². The van der Waals surface area contributed by atoms with Gasteiger partial charge in [-0.05, 0) is 12.1 Å². The standard InChI is InChI=1S/C15H12N2O5.ClH/c1-17(2)7-3-4-9-11(5-7)22-14-12(16-9)8(15(20)21)6-10(18)13(14)19;/h3-6,16H,1-2H3,(H,20,21);1H. The van der Waals surface area contributed by atoms with Gasteiger partial charge in [0.15, 0.2) is 5.58 Å². The summed E-state index contributed by atoms with van der Waals surface area (Å²) >= 11 is 0. The SMILES string of the molecule is CN(C)c1ccc2[nH]c3c(C(=O)O)cc(=O)c(=O)c=3oc2c1.Cl. The third kappa shape index (κ3) is 2.66. The highest BCUT2D eigenvalue weighted by Crippen LogP contribution is 2.19. The predicted molar refractivity (Wildman–Crippen MR) is 86.9 cm³/mol. The molecule has 2 aliphatic rings. The van der Waals surface area contributed by atoms with Crippen LogP contribution in [0, 0.1) is 10.8 Å². The Morgan fingerprint density at radius 1 is 1.22 bits per heavy atom. The third-order valence-electron chi connectivity index (χ3n) is 3.39. The van der Waals surface area contributed by atoms with Gasteiger partial charge in [-0.1, -0.05) is 0 Å². The van der Waals surface area contributed by atoms with Crippen LogP contribution in [0.2, 0.25) is 0 Å². The zero-order valence-electron chi connectivity index (χ0n) is 12.2. The van der Waals surface area contributed by atoms with Gasteiger partial charge in [-0.3, -0.25) is 9.59 Å². The number of rotatable bonds is 2. The van der Waals surface area contributed by atoms with Crippen LogP contribution in [0.3, 0.4) is 0 Å². The van der Waals surface area contributed by atoms with Crippen molar-refractivity contribution >= 4 is 35.2 Å². The summed E-state index contributed by atoms with van der Waals surface area (Å²) in [4.78, 5) is 39.5. The molecule has 1 aromatic rings. The second-order valence-electron chi connectivity index (χ2n) is 5.06. The first kappa shape index (κ1) is 16.6. The van der Waals surface area contributed by atoms with Crippen molar-refractivity contribution in [1.29, 1.82) is 0 Å². The summed E-state index contributed by atoms with van der Waals surface area (Å²) in [5, 5.41) is 9.18. The number of hydrogen-bond donors (Lipinski definition) is 2. The van der Waals surface area contributed by atoms with E-state index in [-0.39, 0.29) is 28.7 Å². The molecule has 8 heteroatoms. The molecule has 1 heterocycles. The highest BCUT2D eigenvalue weighted by Gasteiger charge is 2.14. The monoisotopic (exact) mass is 336 g/mol. The van der Waals surface area contributed by atoms with E-state index in [4.69, 9.17) is 4.42 Å². The minimum absolute atomic E-state index is 0. The van der Waals surface area contributed by atoms with E-state index < -0.39 is 16.8 Å². The molecule has 23 heavy (non-hydrogen) atoms. The summed E-state index contributed by atoms with van der Waals surface area (Å²) in [6, 6.07) is 6.04. The summed E-state index contributed by atoms with van der Waals surface area (Å²) in [6.45, 7) is 0. The number of H-pyrrole nitrogens is 1. The quantitative estimate of drug-likeness (QED) is 0.685. The maximum absolute atomic E-state index is 11.9. The van der Waals surface area contributed by atoms with Crippen molar-refractivity contribution in [2.45, 2.75) is 0 Å². The molecule has 7 nitrogen and oxygen atoms in total. The van der Waals surface area contributed by atoms with Crippen LogP contribution >= 0.6 is 12.4 Å². The number of halogens is 1. The number of carboxylic acids is 1. The molecule has 0 saturated heterocycles. The molecule has 1 aliphatic heterocycles. The average molecular weight is 337 g/mol. The number of nitrogens with one attached hydrogen (secondary N) is 1. The van der Waals surface area contributed by atoms with Crippen LogP contribution in [0.1, 0.15) is 10.4 Å². The first-order valence-electron chi connectivity index (χ1n) is 6.43. The highest BCUT2D eigenvalue weighted by molar-refractivity contribution is 5.88. The molecular weight excluding hydrogens is 324 g/mol. The van der Waals surface area contributed by atoms with Crippen LogP contribution in [0.4, 0.5) is 5.69 Å². The van der Waals surface area contributed by atoms with Gasteiger partial charge in [-0.25, -0.2) is 4.79 Å². The van der Waals surface area contributed by atoms with E-state index in [0.717, 1.165) is 11.8 Å². The van der Waals surface area contributed by atoms with E-state index in [9.17, 15) is 19.5 Å². The van der Waals surface area contributed by atoms with Gasteiger partial charge in [0.1, 0.15) is 5.35 Å². The van der Waals surface area contributed by atoms with E-state index >= 15 is 0 Å². The second-order valence-corrected chi connectivity index (χ2v) is 5.06. The van der Waals surface area contributed by atoms with E-state index in [0.29, 0.717) is 11.1 Å². The third-order valence-corrected chi connectivity index (χ3v) is 3.39. The molecule has 0 amide bonds. The van der Waals surface area contributed by atoms with Gasteiger partial charge in [0.25, 0.3) is 5.43 Å². The fourth-order valence-corrected chi connectivity index (χ4v) is 2.23. The highest BCUT2D eigenvalue weighted by atomic mass is 35.5. The lowest BCUT2D eigenvalue weighted by Crippen LogP contribution is -2.26. The van der Waals surface area contributed by atoms with Crippen molar-refractivity contribution in [2.75, 3.05) is 19.0 Å². The van der Waals surface area contributed by atoms with Crippen LogP contribution in [0.5, 0.6) is 0 Å². The Morgan fingerprint density at radius 2 is 1.91 bits per heavy atom. The molecule has 0 radical (unpaired) electrons.